The molecule has 0 aliphatic rings. The molecule has 4 nitrogen and oxygen atoms in total. The summed E-state index contributed by atoms with van der Waals surface area (Å²) in [5.74, 6) is 0. The molecule has 2 aromatic rings. The third-order valence-electron chi connectivity index (χ3n) is 3.63. The van der Waals surface area contributed by atoms with Crippen LogP contribution in [0.2, 0.25) is 0 Å². The Morgan fingerprint density at radius 3 is 2.60 bits per heavy atom. The maximum absolute atomic E-state index is 11.5. The molecule has 0 atom stereocenters. The second-order valence-corrected chi connectivity index (χ2v) is 5.14. The topological polar surface area (TPSA) is 56.9 Å². The van der Waals surface area contributed by atoms with Gasteiger partial charge in [0.2, 0.25) is 0 Å². The van der Waals surface area contributed by atoms with Crippen molar-refractivity contribution in [2.45, 2.75) is 40.7 Å². The molecule has 2 rings (SSSR count). The molecule has 0 fully saturated rings. The first-order valence-corrected chi connectivity index (χ1v) is 7.19. The lowest BCUT2D eigenvalue weighted by Gasteiger charge is -2.08. The summed E-state index contributed by atoms with van der Waals surface area (Å²) in [6, 6.07) is 4.21. The molecule has 0 saturated carbocycles. The monoisotopic (exact) mass is 273 g/mol. The molecule has 1 heterocycles. The van der Waals surface area contributed by atoms with E-state index in [9.17, 15) is 4.79 Å². The maximum Gasteiger partial charge on any atom is 0.315 e. The first-order valence-electron chi connectivity index (χ1n) is 7.19. The smallest absolute Gasteiger partial charge is 0.315 e. The molecule has 1 aromatic carbocycles. The number of aromatic nitrogens is 1. The Morgan fingerprint density at radius 1 is 1.20 bits per heavy atom. The van der Waals surface area contributed by atoms with E-state index in [1.807, 2.05) is 6.92 Å². The normalized spacial score (nSPS) is 10.8. The molecular weight excluding hydrogens is 250 g/mol. The number of hydrogen-bond donors (Lipinski definition) is 3. The Bertz CT molecular complexity index is 628. The number of nitrogens with one attached hydrogen (secondary N) is 3. The number of aromatic amines is 1. The van der Waals surface area contributed by atoms with E-state index in [4.69, 9.17) is 0 Å². The molecule has 3 N–H and O–H groups in total. The highest BCUT2D eigenvalue weighted by atomic mass is 16.2. The van der Waals surface area contributed by atoms with Crippen molar-refractivity contribution in [3.05, 3.63) is 34.5 Å². The minimum Gasteiger partial charge on any atom is -0.358 e. The van der Waals surface area contributed by atoms with Gasteiger partial charge in [0.05, 0.1) is 5.52 Å². The summed E-state index contributed by atoms with van der Waals surface area (Å²) in [7, 11) is 0. The molecule has 0 aliphatic heterocycles. The zero-order valence-corrected chi connectivity index (χ0v) is 12.7. The Morgan fingerprint density at radius 2 is 1.95 bits per heavy atom. The first-order chi connectivity index (χ1) is 9.56. The van der Waals surface area contributed by atoms with E-state index in [2.05, 4.69) is 48.5 Å². The molecule has 0 aliphatic carbocycles. The van der Waals surface area contributed by atoms with Crippen molar-refractivity contribution in [2.24, 2.45) is 0 Å². The second-order valence-electron chi connectivity index (χ2n) is 5.14. The van der Waals surface area contributed by atoms with Crippen LogP contribution in [0, 0.1) is 13.8 Å². The number of carbonyl (C=O) groups excluding carboxylic acids is 1. The van der Waals surface area contributed by atoms with Crippen molar-refractivity contribution in [2.75, 3.05) is 6.54 Å². The van der Waals surface area contributed by atoms with Crippen LogP contribution in [0.3, 0.4) is 0 Å². The summed E-state index contributed by atoms with van der Waals surface area (Å²) in [6.07, 6.45) is 0.989. The van der Waals surface area contributed by atoms with Gasteiger partial charge in [0.15, 0.2) is 0 Å². The first kappa shape index (κ1) is 14.4. The van der Waals surface area contributed by atoms with Gasteiger partial charge in [-0.1, -0.05) is 18.6 Å². The van der Waals surface area contributed by atoms with Crippen LogP contribution in [-0.2, 0) is 13.0 Å². The molecule has 0 radical (unpaired) electrons. The molecule has 0 unspecified atom stereocenters. The van der Waals surface area contributed by atoms with E-state index in [-0.39, 0.29) is 6.03 Å². The number of benzene rings is 1. The predicted molar refractivity (Wildman–Crippen MR) is 83.1 cm³/mol. The molecule has 2 amide bonds. The average Bonchev–Trinajstić information content (AvgIpc) is 2.73. The van der Waals surface area contributed by atoms with Gasteiger partial charge in [-0.3, -0.25) is 0 Å². The lowest BCUT2D eigenvalue weighted by Crippen LogP contribution is -2.34. The zero-order chi connectivity index (χ0) is 14.7. The van der Waals surface area contributed by atoms with Crippen molar-refractivity contribution in [1.82, 2.24) is 15.6 Å². The lowest BCUT2D eigenvalue weighted by molar-refractivity contribution is 0.241. The van der Waals surface area contributed by atoms with Gasteiger partial charge in [-0.05, 0) is 44.4 Å². The summed E-state index contributed by atoms with van der Waals surface area (Å²) in [5, 5.41) is 6.90. The van der Waals surface area contributed by atoms with Gasteiger partial charge in [-0.25, -0.2) is 4.79 Å². The van der Waals surface area contributed by atoms with Crippen LogP contribution in [0.1, 0.15) is 36.2 Å². The van der Waals surface area contributed by atoms with Gasteiger partial charge in [0.25, 0.3) is 0 Å². The summed E-state index contributed by atoms with van der Waals surface area (Å²) in [4.78, 5) is 15.0. The highest BCUT2D eigenvalue weighted by molar-refractivity contribution is 5.88. The number of fused-ring (bicyclic) bond motifs is 1. The minimum absolute atomic E-state index is 0.124. The number of urea groups is 1. The van der Waals surface area contributed by atoms with Gasteiger partial charge in [0, 0.05) is 24.2 Å². The molecular formula is C16H23N3O. The highest BCUT2D eigenvalue weighted by Crippen LogP contribution is 2.26. The van der Waals surface area contributed by atoms with Crippen LogP contribution in [0.5, 0.6) is 0 Å². The van der Waals surface area contributed by atoms with Crippen LogP contribution < -0.4 is 10.6 Å². The van der Waals surface area contributed by atoms with Crippen molar-refractivity contribution in [3.63, 3.8) is 0 Å². The number of carbonyl (C=O) groups is 1. The SMILES string of the molecule is CCNC(=O)NCc1cc(C)cc2c(C)c(CC)[nH]c12. The largest absolute Gasteiger partial charge is 0.358 e. The Kier molecular flexibility index (Phi) is 4.32. The van der Waals surface area contributed by atoms with Crippen molar-refractivity contribution >= 4 is 16.9 Å². The average molecular weight is 273 g/mol. The summed E-state index contributed by atoms with van der Waals surface area (Å²) >= 11 is 0. The van der Waals surface area contributed by atoms with E-state index < -0.39 is 0 Å². The van der Waals surface area contributed by atoms with E-state index >= 15 is 0 Å². The van der Waals surface area contributed by atoms with E-state index in [1.54, 1.807) is 0 Å². The molecule has 0 saturated heterocycles. The fourth-order valence-electron chi connectivity index (χ4n) is 2.60. The van der Waals surface area contributed by atoms with Gasteiger partial charge in [-0.15, -0.1) is 0 Å². The van der Waals surface area contributed by atoms with E-state index in [0.29, 0.717) is 13.1 Å². The number of amides is 2. The van der Waals surface area contributed by atoms with Crippen molar-refractivity contribution < 1.29 is 4.79 Å². The number of aryl methyl sites for hydroxylation is 3. The molecule has 108 valence electrons. The highest BCUT2D eigenvalue weighted by Gasteiger charge is 2.11. The second kappa shape index (κ2) is 5.99. The standard InChI is InChI=1S/C16H23N3O/c1-5-14-11(4)13-8-10(3)7-12(15(13)19-14)9-18-16(20)17-6-2/h7-8,19H,5-6,9H2,1-4H3,(H2,17,18,20). The van der Waals surface area contributed by atoms with Gasteiger partial charge < -0.3 is 15.6 Å². The van der Waals surface area contributed by atoms with Crippen LogP contribution >= 0.6 is 0 Å². The Hall–Kier alpha value is -1.97. The third-order valence-corrected chi connectivity index (χ3v) is 3.63. The molecule has 20 heavy (non-hydrogen) atoms. The number of rotatable bonds is 4. The van der Waals surface area contributed by atoms with Gasteiger partial charge in [0.1, 0.15) is 0 Å². The quantitative estimate of drug-likeness (QED) is 0.787. The molecule has 4 heteroatoms. The number of hydrogen-bond acceptors (Lipinski definition) is 1. The molecule has 0 bridgehead atoms. The van der Waals surface area contributed by atoms with E-state index in [1.165, 1.54) is 22.2 Å². The zero-order valence-electron chi connectivity index (χ0n) is 12.7. The maximum atomic E-state index is 11.5. The van der Waals surface area contributed by atoms with Gasteiger partial charge in [-0.2, -0.15) is 0 Å². The fraction of sp³-hybridized carbons (Fsp3) is 0.438. The molecule has 0 spiro atoms. The summed E-state index contributed by atoms with van der Waals surface area (Å²) in [6.45, 7) is 9.47. The van der Waals surface area contributed by atoms with E-state index in [0.717, 1.165) is 17.5 Å². The number of H-pyrrole nitrogens is 1. The van der Waals surface area contributed by atoms with Gasteiger partial charge >= 0.3 is 6.03 Å². The minimum atomic E-state index is -0.124. The van der Waals surface area contributed by atoms with Crippen molar-refractivity contribution in [1.29, 1.82) is 0 Å². The molecule has 1 aromatic heterocycles. The summed E-state index contributed by atoms with van der Waals surface area (Å²) < 4.78 is 0. The summed E-state index contributed by atoms with van der Waals surface area (Å²) in [5.41, 5.74) is 6.07. The van der Waals surface area contributed by atoms with Crippen molar-refractivity contribution in [3.8, 4) is 0 Å². The third kappa shape index (κ3) is 2.79. The fourth-order valence-corrected chi connectivity index (χ4v) is 2.60. The van der Waals surface area contributed by atoms with Crippen LogP contribution in [0.4, 0.5) is 4.79 Å². The lowest BCUT2D eigenvalue weighted by atomic mass is 10.0. The van der Waals surface area contributed by atoms with Crippen LogP contribution in [0.15, 0.2) is 12.1 Å². The Labute approximate surface area is 120 Å². The Balaban J connectivity index is 2.35. The predicted octanol–water partition coefficient (Wildman–Crippen LogP) is 3.17. The van der Waals surface area contributed by atoms with Crippen LogP contribution in [0.25, 0.3) is 10.9 Å². The van der Waals surface area contributed by atoms with Crippen LogP contribution in [-0.4, -0.2) is 17.6 Å².